The maximum atomic E-state index is 12.3. The molecule has 0 aliphatic carbocycles. The molecule has 6 heteroatoms. The maximum Gasteiger partial charge on any atom is 0.230 e. The Hall–Kier alpha value is -1.76. The summed E-state index contributed by atoms with van der Waals surface area (Å²) in [5.41, 5.74) is 1.20. The lowest BCUT2D eigenvalue weighted by molar-refractivity contribution is -0.118. The molecule has 5 nitrogen and oxygen atoms in total. The van der Waals surface area contributed by atoms with Gasteiger partial charge in [0.25, 0.3) is 0 Å². The number of nitrogens with one attached hydrogen (secondary N) is 1. The van der Waals surface area contributed by atoms with Crippen LogP contribution in [-0.2, 0) is 9.53 Å². The van der Waals surface area contributed by atoms with E-state index in [-0.39, 0.29) is 11.9 Å². The van der Waals surface area contributed by atoms with Gasteiger partial charge < -0.3 is 14.5 Å². The Morgan fingerprint density at radius 2 is 1.96 bits per heavy atom. The van der Waals surface area contributed by atoms with E-state index in [1.165, 1.54) is 5.56 Å². The van der Waals surface area contributed by atoms with E-state index < -0.39 is 0 Å². The second kappa shape index (κ2) is 9.26. The maximum absolute atomic E-state index is 12.3. The van der Waals surface area contributed by atoms with E-state index in [0.717, 1.165) is 29.5 Å². The molecule has 3 rings (SSSR count). The molecule has 1 aromatic heterocycles. The van der Waals surface area contributed by atoms with Crippen molar-refractivity contribution < 1.29 is 13.9 Å². The summed E-state index contributed by atoms with van der Waals surface area (Å²) in [6.07, 6.45) is 0. The van der Waals surface area contributed by atoms with Crippen LogP contribution >= 0.6 is 11.8 Å². The van der Waals surface area contributed by atoms with E-state index in [1.54, 1.807) is 11.8 Å². The number of rotatable bonds is 7. The molecule has 0 radical (unpaired) electrons. The predicted octanol–water partition coefficient (Wildman–Crippen LogP) is 3.18. The highest BCUT2D eigenvalue weighted by atomic mass is 32.2. The highest BCUT2D eigenvalue weighted by molar-refractivity contribution is 8.00. The predicted molar refractivity (Wildman–Crippen MR) is 103 cm³/mol. The monoisotopic (exact) mass is 374 g/mol. The van der Waals surface area contributed by atoms with Crippen molar-refractivity contribution in [2.45, 2.75) is 24.8 Å². The molecule has 0 saturated carbocycles. The first-order valence-electron chi connectivity index (χ1n) is 8.97. The third-order valence-electron chi connectivity index (χ3n) is 4.52. The number of aryl methyl sites for hydroxylation is 2. The molecule has 1 aliphatic rings. The lowest BCUT2D eigenvalue weighted by atomic mass is 10.1. The van der Waals surface area contributed by atoms with Gasteiger partial charge in [0.05, 0.1) is 25.0 Å². The van der Waals surface area contributed by atoms with Crippen molar-refractivity contribution in [3.63, 3.8) is 0 Å². The Balaban J connectivity index is 1.56. The summed E-state index contributed by atoms with van der Waals surface area (Å²) >= 11 is 1.57. The summed E-state index contributed by atoms with van der Waals surface area (Å²) in [7, 11) is 0. The van der Waals surface area contributed by atoms with Gasteiger partial charge in [-0.1, -0.05) is 18.2 Å². The number of amides is 1. The van der Waals surface area contributed by atoms with Gasteiger partial charge in [-0.2, -0.15) is 0 Å². The quantitative estimate of drug-likeness (QED) is 0.755. The van der Waals surface area contributed by atoms with Crippen LogP contribution in [0.25, 0.3) is 0 Å². The van der Waals surface area contributed by atoms with Gasteiger partial charge in [0.2, 0.25) is 5.91 Å². The number of morpholine rings is 1. The number of benzene rings is 1. The SMILES string of the molecule is Cc1ccc(C(CNC(=O)CSc2ccccc2C)N2CCOCC2)o1. The number of thioether (sulfide) groups is 1. The number of nitrogens with zero attached hydrogens (tertiary/aromatic N) is 1. The van der Waals surface area contributed by atoms with Crippen LogP contribution in [-0.4, -0.2) is 49.4 Å². The highest BCUT2D eigenvalue weighted by Crippen LogP contribution is 2.24. The van der Waals surface area contributed by atoms with Crippen LogP contribution in [0.5, 0.6) is 0 Å². The number of carbonyl (C=O) groups excluding carboxylic acids is 1. The van der Waals surface area contributed by atoms with Gasteiger partial charge in [0, 0.05) is 24.5 Å². The number of carbonyl (C=O) groups is 1. The molecule has 2 aromatic rings. The molecule has 1 N–H and O–H groups in total. The molecular formula is C20H26N2O3S. The molecule has 26 heavy (non-hydrogen) atoms. The van der Waals surface area contributed by atoms with Gasteiger partial charge in [-0.15, -0.1) is 11.8 Å². The molecule has 2 heterocycles. The van der Waals surface area contributed by atoms with Crippen LogP contribution in [0.15, 0.2) is 45.7 Å². The molecule has 1 unspecified atom stereocenters. The van der Waals surface area contributed by atoms with E-state index in [1.807, 2.05) is 31.2 Å². The topological polar surface area (TPSA) is 54.7 Å². The van der Waals surface area contributed by atoms with Gasteiger partial charge in [0.15, 0.2) is 0 Å². The van der Waals surface area contributed by atoms with Crippen molar-refractivity contribution in [3.8, 4) is 0 Å². The second-order valence-corrected chi connectivity index (χ2v) is 7.49. The first kappa shape index (κ1) is 19.0. The molecule has 1 amide bonds. The fourth-order valence-corrected chi connectivity index (χ4v) is 3.91. The van der Waals surface area contributed by atoms with Crippen LogP contribution in [0, 0.1) is 13.8 Å². The summed E-state index contributed by atoms with van der Waals surface area (Å²) in [4.78, 5) is 15.8. The average Bonchev–Trinajstić information content (AvgIpc) is 3.08. The van der Waals surface area contributed by atoms with Crippen LogP contribution in [0.4, 0.5) is 0 Å². The summed E-state index contributed by atoms with van der Waals surface area (Å²) < 4.78 is 11.3. The minimum Gasteiger partial charge on any atom is -0.465 e. The highest BCUT2D eigenvalue weighted by Gasteiger charge is 2.25. The lowest BCUT2D eigenvalue weighted by Gasteiger charge is -2.33. The van der Waals surface area contributed by atoms with E-state index in [0.29, 0.717) is 25.5 Å². The Bertz CT molecular complexity index is 725. The molecule has 1 saturated heterocycles. The Kier molecular flexibility index (Phi) is 6.77. The first-order valence-corrected chi connectivity index (χ1v) is 9.95. The number of hydrogen-bond acceptors (Lipinski definition) is 5. The zero-order valence-electron chi connectivity index (χ0n) is 15.4. The van der Waals surface area contributed by atoms with Crippen molar-refractivity contribution in [1.29, 1.82) is 0 Å². The smallest absolute Gasteiger partial charge is 0.230 e. The molecule has 1 aromatic carbocycles. The molecule has 0 spiro atoms. The van der Waals surface area contributed by atoms with Crippen molar-refractivity contribution in [3.05, 3.63) is 53.5 Å². The van der Waals surface area contributed by atoms with E-state index >= 15 is 0 Å². The van der Waals surface area contributed by atoms with Crippen LogP contribution in [0.2, 0.25) is 0 Å². The van der Waals surface area contributed by atoms with E-state index in [2.05, 4.69) is 29.3 Å². The minimum atomic E-state index is 0.0415. The molecular weight excluding hydrogens is 348 g/mol. The van der Waals surface area contributed by atoms with Gasteiger partial charge in [-0.25, -0.2) is 0 Å². The molecule has 1 fully saturated rings. The zero-order chi connectivity index (χ0) is 18.4. The fraction of sp³-hybridized carbons (Fsp3) is 0.450. The van der Waals surface area contributed by atoms with Crippen LogP contribution in [0.1, 0.15) is 23.1 Å². The van der Waals surface area contributed by atoms with Crippen molar-refractivity contribution in [1.82, 2.24) is 10.2 Å². The molecule has 140 valence electrons. The van der Waals surface area contributed by atoms with Gasteiger partial charge in [-0.3, -0.25) is 9.69 Å². The summed E-state index contributed by atoms with van der Waals surface area (Å²) in [5, 5.41) is 3.08. The lowest BCUT2D eigenvalue weighted by Crippen LogP contribution is -2.44. The second-order valence-electron chi connectivity index (χ2n) is 6.47. The van der Waals surface area contributed by atoms with Gasteiger partial charge >= 0.3 is 0 Å². The molecule has 1 atom stereocenters. The Labute approximate surface area is 159 Å². The summed E-state index contributed by atoms with van der Waals surface area (Å²) in [6, 6.07) is 12.1. The zero-order valence-corrected chi connectivity index (χ0v) is 16.2. The van der Waals surface area contributed by atoms with E-state index in [4.69, 9.17) is 9.15 Å². The standard InChI is InChI=1S/C20H26N2O3S/c1-15-5-3-4-6-19(15)26-14-20(23)21-13-17(18-8-7-16(2)25-18)22-9-11-24-12-10-22/h3-8,17H,9-14H2,1-2H3,(H,21,23). The number of hydrogen-bond donors (Lipinski definition) is 1. The van der Waals surface area contributed by atoms with Gasteiger partial charge in [0.1, 0.15) is 11.5 Å². The summed E-state index contributed by atoms with van der Waals surface area (Å²) in [5.74, 6) is 2.24. The number of furan rings is 1. The average molecular weight is 375 g/mol. The van der Waals surface area contributed by atoms with Gasteiger partial charge in [-0.05, 0) is 37.6 Å². The van der Waals surface area contributed by atoms with Crippen LogP contribution in [0.3, 0.4) is 0 Å². The van der Waals surface area contributed by atoms with Crippen molar-refractivity contribution >= 4 is 17.7 Å². The van der Waals surface area contributed by atoms with Crippen molar-refractivity contribution in [2.75, 3.05) is 38.6 Å². The molecule has 0 bridgehead atoms. The third-order valence-corrected chi connectivity index (χ3v) is 5.70. The van der Waals surface area contributed by atoms with Crippen LogP contribution < -0.4 is 5.32 Å². The minimum absolute atomic E-state index is 0.0415. The van der Waals surface area contributed by atoms with E-state index in [9.17, 15) is 4.79 Å². The normalized spacial score (nSPS) is 16.4. The largest absolute Gasteiger partial charge is 0.465 e. The fourth-order valence-electron chi connectivity index (χ4n) is 3.05. The summed E-state index contributed by atoms with van der Waals surface area (Å²) in [6.45, 7) is 7.67. The Morgan fingerprint density at radius 1 is 1.19 bits per heavy atom. The first-order chi connectivity index (χ1) is 12.6. The third kappa shape index (κ3) is 5.13. The van der Waals surface area contributed by atoms with Crippen molar-refractivity contribution in [2.24, 2.45) is 0 Å². The number of ether oxygens (including phenoxy) is 1. The molecule has 1 aliphatic heterocycles. The Morgan fingerprint density at radius 3 is 2.65 bits per heavy atom.